The van der Waals surface area contributed by atoms with Gasteiger partial charge in [-0.3, -0.25) is 4.57 Å². The summed E-state index contributed by atoms with van der Waals surface area (Å²) in [5, 5.41) is 9.62. The first kappa shape index (κ1) is 20.7. The van der Waals surface area contributed by atoms with Gasteiger partial charge >= 0.3 is 7.60 Å². The lowest BCUT2D eigenvalue weighted by atomic mass is 10.3. The van der Waals surface area contributed by atoms with Gasteiger partial charge in [0.2, 0.25) is 0 Å². The molecule has 11 heteroatoms. The van der Waals surface area contributed by atoms with E-state index in [2.05, 4.69) is 15.0 Å². The number of ether oxygens (including phenoxy) is 1. The summed E-state index contributed by atoms with van der Waals surface area (Å²) in [6, 6.07) is 0. The van der Waals surface area contributed by atoms with E-state index in [0.29, 0.717) is 11.2 Å². The molecule has 2 rings (SSSR count). The Bertz CT molecular complexity index is 752. The van der Waals surface area contributed by atoms with Gasteiger partial charge < -0.3 is 29.2 Å². The second-order valence-electron chi connectivity index (χ2n) is 6.35. The van der Waals surface area contributed by atoms with Crippen molar-refractivity contribution in [3.05, 3.63) is 12.7 Å². The lowest BCUT2D eigenvalue weighted by Gasteiger charge is -2.24. The van der Waals surface area contributed by atoms with E-state index in [4.69, 9.17) is 19.5 Å². The molecule has 1 atom stereocenters. The van der Waals surface area contributed by atoms with E-state index in [1.165, 1.54) is 12.7 Å². The molecule has 0 saturated carbocycles. The number of anilines is 1. The minimum absolute atomic E-state index is 0.243. The molecule has 0 radical (unpaired) electrons. The maximum atomic E-state index is 12.8. The first-order valence-corrected chi connectivity index (χ1v) is 10.1. The predicted molar refractivity (Wildman–Crippen MR) is 96.6 cm³/mol. The smallest absolute Gasteiger partial charge is 0.356 e. The highest BCUT2D eigenvalue weighted by molar-refractivity contribution is 7.53. The van der Waals surface area contributed by atoms with Gasteiger partial charge in [-0.25, -0.2) is 15.0 Å². The highest BCUT2D eigenvalue weighted by atomic mass is 31.2. The predicted octanol–water partition coefficient (Wildman–Crippen LogP) is 1.79. The van der Waals surface area contributed by atoms with Gasteiger partial charge in [-0.1, -0.05) is 0 Å². The number of aromatic nitrogens is 4. The number of fused-ring (bicyclic) bond motifs is 1. The minimum Gasteiger partial charge on any atom is -0.394 e. The Morgan fingerprint density at radius 1 is 1.19 bits per heavy atom. The Kier molecular flexibility index (Phi) is 7.08. The van der Waals surface area contributed by atoms with Crippen molar-refractivity contribution >= 4 is 24.6 Å². The Morgan fingerprint density at radius 2 is 1.85 bits per heavy atom. The van der Waals surface area contributed by atoms with Crippen LogP contribution in [-0.2, 0) is 24.9 Å². The molecule has 0 amide bonds. The van der Waals surface area contributed by atoms with Gasteiger partial charge in [0.25, 0.3) is 0 Å². The largest absolute Gasteiger partial charge is 0.394 e. The Hall–Kier alpha value is -1.58. The fourth-order valence-corrected chi connectivity index (χ4v) is 4.19. The summed E-state index contributed by atoms with van der Waals surface area (Å²) < 4.78 is 31.0. The average molecular weight is 387 g/mol. The zero-order valence-electron chi connectivity index (χ0n) is 15.4. The highest BCUT2D eigenvalue weighted by Gasteiger charge is 2.29. The number of nitrogens with two attached hydrogens (primary N) is 1. The molecule has 0 saturated heterocycles. The fraction of sp³-hybridized carbons (Fsp3) is 0.667. The van der Waals surface area contributed by atoms with Crippen LogP contribution in [0.3, 0.4) is 0 Å². The van der Waals surface area contributed by atoms with E-state index in [0.717, 1.165) is 0 Å². The molecule has 0 aliphatic heterocycles. The third-order valence-corrected chi connectivity index (χ3v) is 5.20. The average Bonchev–Trinajstić information content (AvgIpc) is 2.94. The topological polar surface area (TPSA) is 135 Å². The molecule has 0 aliphatic rings. The molecule has 2 aromatic heterocycles. The Morgan fingerprint density at radius 3 is 2.42 bits per heavy atom. The van der Waals surface area contributed by atoms with Crippen LogP contribution in [0.25, 0.3) is 11.2 Å². The van der Waals surface area contributed by atoms with Crippen LogP contribution in [0.2, 0.25) is 0 Å². The van der Waals surface area contributed by atoms with Gasteiger partial charge in [0.15, 0.2) is 11.5 Å². The van der Waals surface area contributed by atoms with E-state index < -0.39 is 13.7 Å². The Balaban J connectivity index is 2.08. The van der Waals surface area contributed by atoms with Gasteiger partial charge in [0.05, 0.1) is 37.8 Å². The van der Waals surface area contributed by atoms with Crippen LogP contribution in [-0.4, -0.2) is 55.9 Å². The van der Waals surface area contributed by atoms with Crippen molar-refractivity contribution in [1.29, 1.82) is 0 Å². The summed E-state index contributed by atoms with van der Waals surface area (Å²) in [7, 11) is -3.45. The molecule has 0 bridgehead atoms. The number of aliphatic hydroxyl groups excluding tert-OH is 1. The van der Waals surface area contributed by atoms with E-state index >= 15 is 0 Å². The summed E-state index contributed by atoms with van der Waals surface area (Å²) >= 11 is 0. The molecule has 0 aliphatic carbocycles. The molecule has 3 N–H and O–H groups in total. The molecule has 0 spiro atoms. The third-order valence-electron chi connectivity index (χ3n) is 3.24. The number of rotatable bonds is 10. The first-order chi connectivity index (χ1) is 12.2. The normalized spacial score (nSPS) is 13.8. The van der Waals surface area contributed by atoms with Crippen LogP contribution in [0, 0.1) is 0 Å². The standard InChI is InChI=1S/C15H26N5O5P/c1-10(2)24-26(22,25-11(3)4)9-23-12(6-21)5-20-8-19-13-14(16)17-7-18-15(13)20/h7-8,10-12,21H,5-6,9H2,1-4H3,(H2,16,17,18)/t12-/m1/s1. The van der Waals surface area contributed by atoms with Gasteiger partial charge in [-0.15, -0.1) is 0 Å². The molecular formula is C15H26N5O5P. The summed E-state index contributed by atoms with van der Waals surface area (Å²) in [5.41, 5.74) is 6.76. The molecule has 0 unspecified atom stereocenters. The SMILES string of the molecule is CC(C)OP(=O)(CO[C@@H](CO)Cn1cnc2c(N)ncnc21)OC(C)C. The molecule has 10 nitrogen and oxygen atoms in total. The number of nitrogen functional groups attached to an aromatic ring is 1. The van der Waals surface area contributed by atoms with Crippen molar-refractivity contribution < 1.29 is 23.5 Å². The van der Waals surface area contributed by atoms with Crippen LogP contribution in [0.15, 0.2) is 12.7 Å². The summed E-state index contributed by atoms with van der Waals surface area (Å²) in [4.78, 5) is 12.2. The summed E-state index contributed by atoms with van der Waals surface area (Å²) in [5.74, 6) is 0.274. The van der Waals surface area contributed by atoms with Gasteiger partial charge in [0.1, 0.15) is 18.2 Å². The fourth-order valence-electron chi connectivity index (χ4n) is 2.34. The zero-order valence-corrected chi connectivity index (χ0v) is 16.3. The number of aliphatic hydroxyl groups is 1. The summed E-state index contributed by atoms with van der Waals surface area (Å²) in [6.07, 6.45) is 1.39. The van der Waals surface area contributed by atoms with Crippen LogP contribution < -0.4 is 5.73 Å². The van der Waals surface area contributed by atoms with Crippen molar-refractivity contribution in [2.45, 2.75) is 52.6 Å². The quantitative estimate of drug-likeness (QED) is 0.585. The van der Waals surface area contributed by atoms with Crippen molar-refractivity contribution in [3.8, 4) is 0 Å². The first-order valence-electron chi connectivity index (χ1n) is 8.33. The molecule has 146 valence electrons. The van der Waals surface area contributed by atoms with Gasteiger partial charge in [-0.2, -0.15) is 0 Å². The summed E-state index contributed by atoms with van der Waals surface area (Å²) in [6.45, 7) is 7.02. The van der Waals surface area contributed by atoms with E-state index in [1.54, 1.807) is 32.3 Å². The lowest BCUT2D eigenvalue weighted by Crippen LogP contribution is -2.25. The van der Waals surface area contributed by atoms with Gasteiger partial charge in [0, 0.05) is 0 Å². The van der Waals surface area contributed by atoms with Crippen molar-refractivity contribution in [3.63, 3.8) is 0 Å². The lowest BCUT2D eigenvalue weighted by molar-refractivity contribution is 0.0112. The van der Waals surface area contributed by atoms with E-state index in [9.17, 15) is 9.67 Å². The second-order valence-corrected chi connectivity index (χ2v) is 8.25. The van der Waals surface area contributed by atoms with Crippen molar-refractivity contribution in [2.75, 3.05) is 18.7 Å². The monoisotopic (exact) mass is 387 g/mol. The second kappa shape index (κ2) is 8.88. The molecule has 26 heavy (non-hydrogen) atoms. The minimum atomic E-state index is -3.45. The number of hydrogen-bond donors (Lipinski definition) is 2. The van der Waals surface area contributed by atoms with Gasteiger partial charge in [-0.05, 0) is 27.7 Å². The molecular weight excluding hydrogens is 361 g/mol. The number of hydrogen-bond acceptors (Lipinski definition) is 9. The van der Waals surface area contributed by atoms with Crippen LogP contribution >= 0.6 is 7.60 Å². The maximum Gasteiger partial charge on any atom is 0.356 e. The number of imidazole rings is 1. The van der Waals surface area contributed by atoms with Crippen molar-refractivity contribution in [2.24, 2.45) is 0 Å². The van der Waals surface area contributed by atoms with Crippen molar-refractivity contribution in [1.82, 2.24) is 19.5 Å². The molecule has 0 fully saturated rings. The molecule has 2 aromatic rings. The third kappa shape index (κ3) is 5.46. The molecule has 0 aromatic carbocycles. The molecule has 2 heterocycles. The Labute approximate surface area is 152 Å². The maximum absolute atomic E-state index is 12.8. The van der Waals surface area contributed by atoms with Crippen LogP contribution in [0.5, 0.6) is 0 Å². The van der Waals surface area contributed by atoms with Crippen LogP contribution in [0.4, 0.5) is 5.82 Å². The zero-order chi connectivity index (χ0) is 19.3. The highest BCUT2D eigenvalue weighted by Crippen LogP contribution is 2.50. The van der Waals surface area contributed by atoms with E-state index in [1.807, 2.05) is 0 Å². The van der Waals surface area contributed by atoms with E-state index in [-0.39, 0.29) is 37.5 Å². The number of nitrogens with zero attached hydrogens (tertiary/aromatic N) is 4. The van der Waals surface area contributed by atoms with Crippen LogP contribution in [0.1, 0.15) is 27.7 Å².